The van der Waals surface area contributed by atoms with Crippen LogP contribution < -0.4 is 19.7 Å². The number of hydrogen-bond donors (Lipinski definition) is 1. The molecule has 0 spiro atoms. The van der Waals surface area contributed by atoms with Crippen molar-refractivity contribution in [2.45, 2.75) is 11.8 Å². The normalized spacial score (nSPS) is 16.0. The van der Waals surface area contributed by atoms with E-state index in [4.69, 9.17) is 21.1 Å². The van der Waals surface area contributed by atoms with Gasteiger partial charge in [0.1, 0.15) is 13.2 Å². The van der Waals surface area contributed by atoms with Crippen LogP contribution in [0.15, 0.2) is 65.6 Å². The Morgan fingerprint density at radius 2 is 1.61 bits per heavy atom. The summed E-state index contributed by atoms with van der Waals surface area (Å²) in [6.45, 7) is 4.30. The highest BCUT2D eigenvalue weighted by Gasteiger charge is 2.30. The van der Waals surface area contributed by atoms with Crippen molar-refractivity contribution in [3.63, 3.8) is 0 Å². The summed E-state index contributed by atoms with van der Waals surface area (Å²) in [5, 5.41) is 3.43. The molecule has 10 heteroatoms. The number of anilines is 2. The number of hydrogen-bond acceptors (Lipinski definition) is 6. The Labute approximate surface area is 215 Å². The van der Waals surface area contributed by atoms with Gasteiger partial charge < -0.3 is 19.7 Å². The zero-order chi connectivity index (χ0) is 25.3. The predicted octanol–water partition coefficient (Wildman–Crippen LogP) is 4.18. The Morgan fingerprint density at radius 3 is 2.33 bits per heavy atom. The van der Waals surface area contributed by atoms with E-state index in [9.17, 15) is 13.2 Å². The molecule has 2 heterocycles. The molecule has 8 nitrogen and oxygen atoms in total. The average Bonchev–Trinajstić information content (AvgIpc) is 2.89. The van der Waals surface area contributed by atoms with Crippen LogP contribution >= 0.6 is 11.6 Å². The second-order valence-corrected chi connectivity index (χ2v) is 11.0. The maximum absolute atomic E-state index is 13.1. The highest BCUT2D eigenvalue weighted by molar-refractivity contribution is 7.89. The van der Waals surface area contributed by atoms with Crippen molar-refractivity contribution in [3.05, 3.63) is 76.8 Å². The van der Waals surface area contributed by atoms with Gasteiger partial charge in [0, 0.05) is 31.7 Å². The van der Waals surface area contributed by atoms with Crippen molar-refractivity contribution in [1.82, 2.24) is 4.31 Å². The molecule has 0 unspecified atom stereocenters. The number of nitrogens with one attached hydrogen (secondary N) is 1. The molecule has 36 heavy (non-hydrogen) atoms. The van der Waals surface area contributed by atoms with Gasteiger partial charge in [0.2, 0.25) is 10.0 Å². The third-order valence-electron chi connectivity index (χ3n) is 6.25. The molecule has 0 aliphatic carbocycles. The number of amides is 1. The lowest BCUT2D eigenvalue weighted by molar-refractivity contribution is 0.102. The smallest absolute Gasteiger partial charge is 0.255 e. The van der Waals surface area contributed by atoms with Crippen LogP contribution in [0.3, 0.4) is 0 Å². The van der Waals surface area contributed by atoms with E-state index in [0.717, 1.165) is 5.56 Å². The van der Waals surface area contributed by atoms with Gasteiger partial charge in [-0.15, -0.1) is 0 Å². The minimum absolute atomic E-state index is 0.284. The maximum Gasteiger partial charge on any atom is 0.255 e. The molecule has 0 atom stereocenters. The number of carbonyl (C=O) groups is 1. The number of aryl methyl sites for hydroxylation is 1. The molecule has 3 aromatic rings. The van der Waals surface area contributed by atoms with E-state index in [1.54, 1.807) is 60.7 Å². The van der Waals surface area contributed by atoms with E-state index >= 15 is 0 Å². The summed E-state index contributed by atoms with van der Waals surface area (Å²) >= 11 is 6.56. The number of carbonyl (C=O) groups excluding carboxylic acids is 1. The van der Waals surface area contributed by atoms with Crippen LogP contribution in [-0.2, 0) is 10.0 Å². The third kappa shape index (κ3) is 4.86. The van der Waals surface area contributed by atoms with Crippen molar-refractivity contribution in [2.24, 2.45) is 0 Å². The lowest BCUT2D eigenvalue weighted by Crippen LogP contribution is -2.49. The summed E-state index contributed by atoms with van der Waals surface area (Å²) in [4.78, 5) is 15.3. The molecule has 0 radical (unpaired) electrons. The van der Waals surface area contributed by atoms with Crippen LogP contribution in [-0.4, -0.2) is 58.0 Å². The van der Waals surface area contributed by atoms with Crippen LogP contribution in [0.5, 0.6) is 11.5 Å². The first-order chi connectivity index (χ1) is 17.3. The fourth-order valence-corrected chi connectivity index (χ4v) is 6.04. The molecule has 0 saturated carbocycles. The second-order valence-electron chi connectivity index (χ2n) is 8.65. The molecule has 1 N–H and O–H groups in total. The lowest BCUT2D eigenvalue weighted by Gasteiger charge is -2.36. The standard InChI is InChI=1S/C26H26ClN3O5S/c1-18-5-8-20(9-6-18)36(32,33)30-13-11-29(12-14-30)25-21(27)3-2-4-22(25)28-26(31)19-7-10-23-24(17-19)35-16-15-34-23/h2-10,17H,11-16H2,1H3,(H,28,31). The number of fused-ring (bicyclic) bond motifs is 1. The Hall–Kier alpha value is -3.27. The number of benzene rings is 3. The molecular formula is C26H26ClN3O5S. The summed E-state index contributed by atoms with van der Waals surface area (Å²) in [7, 11) is -3.59. The highest BCUT2D eigenvalue weighted by Crippen LogP contribution is 2.36. The SMILES string of the molecule is Cc1ccc(S(=O)(=O)N2CCN(c3c(Cl)cccc3NC(=O)c3ccc4c(c3)OCCO4)CC2)cc1. The first kappa shape index (κ1) is 24.4. The van der Waals surface area contributed by atoms with Crippen LogP contribution in [0.25, 0.3) is 0 Å². The minimum atomic E-state index is -3.59. The summed E-state index contributed by atoms with van der Waals surface area (Å²) < 4.78 is 38.8. The van der Waals surface area contributed by atoms with Crippen molar-refractivity contribution >= 4 is 38.9 Å². The Morgan fingerprint density at radius 1 is 0.917 bits per heavy atom. The van der Waals surface area contributed by atoms with Crippen LogP contribution in [0.1, 0.15) is 15.9 Å². The molecule has 0 bridgehead atoms. The van der Waals surface area contributed by atoms with Crippen LogP contribution in [0.4, 0.5) is 11.4 Å². The molecule has 3 aromatic carbocycles. The van der Waals surface area contributed by atoms with Crippen LogP contribution in [0, 0.1) is 6.92 Å². The molecule has 5 rings (SSSR count). The Balaban J connectivity index is 1.32. The number of piperazine rings is 1. The largest absolute Gasteiger partial charge is 0.486 e. The second kappa shape index (κ2) is 10.0. The van der Waals surface area contributed by atoms with Crippen molar-refractivity contribution in [1.29, 1.82) is 0 Å². The number of halogens is 1. The number of ether oxygens (including phenoxy) is 2. The average molecular weight is 528 g/mol. The quantitative estimate of drug-likeness (QED) is 0.535. The fourth-order valence-electron chi connectivity index (χ4n) is 4.33. The lowest BCUT2D eigenvalue weighted by atomic mass is 10.1. The van der Waals surface area contributed by atoms with Crippen molar-refractivity contribution < 1.29 is 22.7 Å². The summed E-state index contributed by atoms with van der Waals surface area (Å²) in [6, 6.07) is 17.2. The Kier molecular flexibility index (Phi) is 6.79. The van der Waals surface area contributed by atoms with Gasteiger partial charge in [-0.25, -0.2) is 8.42 Å². The van der Waals surface area contributed by atoms with E-state index in [2.05, 4.69) is 5.32 Å². The van der Waals surface area contributed by atoms with Crippen molar-refractivity contribution in [3.8, 4) is 11.5 Å². The maximum atomic E-state index is 13.1. The monoisotopic (exact) mass is 527 g/mol. The molecule has 2 aliphatic heterocycles. The number of rotatable bonds is 5. The molecule has 188 valence electrons. The van der Waals surface area contributed by atoms with E-state index in [1.165, 1.54) is 4.31 Å². The molecule has 1 fully saturated rings. The van der Waals surface area contributed by atoms with Gasteiger partial charge >= 0.3 is 0 Å². The fraction of sp³-hybridized carbons (Fsp3) is 0.269. The van der Waals surface area contributed by atoms with Gasteiger partial charge in [-0.3, -0.25) is 4.79 Å². The first-order valence-corrected chi connectivity index (χ1v) is 13.5. The number of nitrogens with zero attached hydrogens (tertiary/aromatic N) is 2. The topological polar surface area (TPSA) is 88.2 Å². The summed E-state index contributed by atoms with van der Waals surface area (Å²) in [5.41, 5.74) is 2.65. The zero-order valence-corrected chi connectivity index (χ0v) is 21.3. The molecular weight excluding hydrogens is 502 g/mol. The van der Waals surface area contributed by atoms with Crippen LogP contribution in [0.2, 0.25) is 5.02 Å². The molecule has 1 saturated heterocycles. The first-order valence-electron chi connectivity index (χ1n) is 11.6. The van der Waals surface area contributed by atoms with Gasteiger partial charge in [0.25, 0.3) is 5.91 Å². The molecule has 0 aromatic heterocycles. The summed E-state index contributed by atoms with van der Waals surface area (Å²) in [5.74, 6) is 0.835. The zero-order valence-electron chi connectivity index (χ0n) is 19.7. The molecule has 2 aliphatic rings. The van der Waals surface area contributed by atoms with Gasteiger partial charge in [-0.05, 0) is 49.4 Å². The Bertz CT molecular complexity index is 1390. The van der Waals surface area contributed by atoms with Gasteiger partial charge in [-0.2, -0.15) is 4.31 Å². The summed E-state index contributed by atoms with van der Waals surface area (Å²) in [6.07, 6.45) is 0. The van der Waals surface area contributed by atoms with Gasteiger partial charge in [-0.1, -0.05) is 35.4 Å². The van der Waals surface area contributed by atoms with Gasteiger partial charge in [0.15, 0.2) is 11.5 Å². The van der Waals surface area contributed by atoms with E-state index < -0.39 is 10.0 Å². The van der Waals surface area contributed by atoms with E-state index in [0.29, 0.717) is 72.9 Å². The number of sulfonamides is 1. The minimum Gasteiger partial charge on any atom is -0.486 e. The highest BCUT2D eigenvalue weighted by atomic mass is 35.5. The van der Waals surface area contributed by atoms with E-state index in [1.807, 2.05) is 11.8 Å². The van der Waals surface area contributed by atoms with Gasteiger partial charge in [0.05, 0.1) is 21.3 Å². The number of para-hydroxylation sites is 1. The van der Waals surface area contributed by atoms with E-state index in [-0.39, 0.29) is 10.8 Å². The predicted molar refractivity (Wildman–Crippen MR) is 139 cm³/mol. The molecule has 1 amide bonds. The van der Waals surface area contributed by atoms with Crippen molar-refractivity contribution in [2.75, 3.05) is 49.6 Å². The third-order valence-corrected chi connectivity index (χ3v) is 8.47.